The molecule has 90 valence electrons. The Morgan fingerprint density at radius 2 is 2.07 bits per heavy atom. The quantitative estimate of drug-likeness (QED) is 0.763. The van der Waals surface area contributed by atoms with Crippen molar-refractivity contribution >= 4 is 17.7 Å². The molecule has 0 heterocycles. The molecule has 1 unspecified atom stereocenters. The first-order chi connectivity index (χ1) is 6.85. The Labute approximate surface area is 97.3 Å². The van der Waals surface area contributed by atoms with Crippen molar-refractivity contribution in [2.24, 2.45) is 0 Å². The topological polar surface area (TPSA) is 38.3 Å². The zero-order chi connectivity index (χ0) is 11.9. The standard InChI is InChI=1S/C11H23NO2S/c1-9(15-5)6-7-12-10(13)8-14-11(2,3)4/h9H,6-8H2,1-5H3,(H,12,13). The summed E-state index contributed by atoms with van der Waals surface area (Å²) in [5.41, 5.74) is -0.246. The van der Waals surface area contributed by atoms with Crippen LogP contribution < -0.4 is 5.32 Å². The number of hydrogen-bond acceptors (Lipinski definition) is 3. The van der Waals surface area contributed by atoms with Gasteiger partial charge in [-0.05, 0) is 33.4 Å². The zero-order valence-corrected chi connectivity index (χ0v) is 11.2. The van der Waals surface area contributed by atoms with Crippen LogP contribution >= 0.6 is 11.8 Å². The summed E-state index contributed by atoms with van der Waals surface area (Å²) in [4.78, 5) is 11.3. The van der Waals surface area contributed by atoms with Crippen molar-refractivity contribution in [3.8, 4) is 0 Å². The SMILES string of the molecule is CSC(C)CCNC(=O)COC(C)(C)C. The first kappa shape index (κ1) is 14.8. The molecule has 0 fully saturated rings. The second kappa shape index (κ2) is 7.12. The van der Waals surface area contributed by atoms with Crippen molar-refractivity contribution in [1.82, 2.24) is 5.32 Å². The van der Waals surface area contributed by atoms with E-state index < -0.39 is 0 Å². The molecular weight excluding hydrogens is 210 g/mol. The third kappa shape index (κ3) is 10.1. The van der Waals surface area contributed by atoms with E-state index in [-0.39, 0.29) is 18.1 Å². The van der Waals surface area contributed by atoms with Gasteiger partial charge in [0, 0.05) is 11.8 Å². The van der Waals surface area contributed by atoms with Gasteiger partial charge in [0.25, 0.3) is 0 Å². The molecule has 0 spiro atoms. The van der Waals surface area contributed by atoms with Crippen molar-refractivity contribution in [2.75, 3.05) is 19.4 Å². The van der Waals surface area contributed by atoms with Crippen LogP contribution in [0.5, 0.6) is 0 Å². The van der Waals surface area contributed by atoms with Crippen LogP contribution in [0.1, 0.15) is 34.1 Å². The molecule has 0 radical (unpaired) electrons. The molecule has 0 aliphatic carbocycles. The van der Waals surface area contributed by atoms with Crippen molar-refractivity contribution in [3.05, 3.63) is 0 Å². The lowest BCUT2D eigenvalue weighted by Gasteiger charge is -2.19. The van der Waals surface area contributed by atoms with Crippen LogP contribution in [0.3, 0.4) is 0 Å². The fourth-order valence-corrected chi connectivity index (χ4v) is 1.22. The van der Waals surface area contributed by atoms with Gasteiger partial charge >= 0.3 is 0 Å². The molecule has 0 bridgehead atoms. The van der Waals surface area contributed by atoms with Gasteiger partial charge in [-0.25, -0.2) is 0 Å². The molecule has 1 N–H and O–H groups in total. The Hall–Kier alpha value is -0.220. The minimum atomic E-state index is -0.246. The summed E-state index contributed by atoms with van der Waals surface area (Å²) in [5.74, 6) is -0.0294. The van der Waals surface area contributed by atoms with Gasteiger partial charge in [-0.15, -0.1) is 0 Å². The molecule has 3 nitrogen and oxygen atoms in total. The van der Waals surface area contributed by atoms with Gasteiger partial charge in [-0.3, -0.25) is 4.79 Å². The van der Waals surface area contributed by atoms with E-state index >= 15 is 0 Å². The summed E-state index contributed by atoms with van der Waals surface area (Å²) >= 11 is 1.81. The third-order valence-corrected chi connectivity index (χ3v) is 2.95. The van der Waals surface area contributed by atoms with Crippen LogP contribution in [0.4, 0.5) is 0 Å². The second-order valence-corrected chi connectivity index (χ2v) is 5.86. The number of thioether (sulfide) groups is 1. The van der Waals surface area contributed by atoms with Gasteiger partial charge in [-0.1, -0.05) is 6.92 Å². The van der Waals surface area contributed by atoms with Gasteiger partial charge in [0.15, 0.2) is 0 Å². The van der Waals surface area contributed by atoms with Crippen LogP contribution in [0.25, 0.3) is 0 Å². The minimum absolute atomic E-state index is 0.0294. The second-order valence-electron chi connectivity index (χ2n) is 4.59. The van der Waals surface area contributed by atoms with E-state index in [2.05, 4.69) is 18.5 Å². The highest BCUT2D eigenvalue weighted by atomic mass is 32.2. The molecule has 1 atom stereocenters. The van der Waals surface area contributed by atoms with Gasteiger partial charge < -0.3 is 10.1 Å². The summed E-state index contributed by atoms with van der Waals surface area (Å²) in [7, 11) is 0. The lowest BCUT2D eigenvalue weighted by molar-refractivity contribution is -0.130. The van der Waals surface area contributed by atoms with E-state index in [0.29, 0.717) is 5.25 Å². The van der Waals surface area contributed by atoms with Crippen LogP contribution in [0.2, 0.25) is 0 Å². The average Bonchev–Trinajstić information content (AvgIpc) is 2.13. The van der Waals surface area contributed by atoms with E-state index in [4.69, 9.17) is 4.74 Å². The van der Waals surface area contributed by atoms with E-state index in [1.54, 1.807) is 0 Å². The highest BCUT2D eigenvalue weighted by Gasteiger charge is 2.12. The number of rotatable bonds is 6. The van der Waals surface area contributed by atoms with Crippen molar-refractivity contribution < 1.29 is 9.53 Å². The monoisotopic (exact) mass is 233 g/mol. The first-order valence-electron chi connectivity index (χ1n) is 5.28. The Morgan fingerprint density at radius 1 is 1.47 bits per heavy atom. The predicted octanol–water partition coefficient (Wildman–Crippen LogP) is 2.06. The van der Waals surface area contributed by atoms with Gasteiger partial charge in [0.1, 0.15) is 6.61 Å². The van der Waals surface area contributed by atoms with Crippen molar-refractivity contribution in [2.45, 2.75) is 45.0 Å². The zero-order valence-electron chi connectivity index (χ0n) is 10.4. The molecule has 0 aromatic heterocycles. The fourth-order valence-electron chi connectivity index (χ4n) is 0.866. The summed E-state index contributed by atoms with van der Waals surface area (Å²) < 4.78 is 5.36. The molecule has 0 aliphatic rings. The summed E-state index contributed by atoms with van der Waals surface area (Å²) in [6.07, 6.45) is 3.08. The average molecular weight is 233 g/mol. The highest BCUT2D eigenvalue weighted by molar-refractivity contribution is 7.99. The number of ether oxygens (including phenoxy) is 1. The number of nitrogens with one attached hydrogen (secondary N) is 1. The molecular formula is C11H23NO2S. The maximum Gasteiger partial charge on any atom is 0.246 e. The number of hydrogen-bond donors (Lipinski definition) is 1. The lowest BCUT2D eigenvalue weighted by Crippen LogP contribution is -2.33. The van der Waals surface area contributed by atoms with Gasteiger partial charge in [-0.2, -0.15) is 11.8 Å². The maximum absolute atomic E-state index is 11.3. The van der Waals surface area contributed by atoms with Gasteiger partial charge in [0.05, 0.1) is 5.60 Å². The smallest absolute Gasteiger partial charge is 0.246 e. The van der Waals surface area contributed by atoms with Crippen molar-refractivity contribution in [1.29, 1.82) is 0 Å². The van der Waals surface area contributed by atoms with Crippen LogP contribution in [0, 0.1) is 0 Å². The van der Waals surface area contributed by atoms with E-state index in [0.717, 1.165) is 13.0 Å². The van der Waals surface area contributed by atoms with Gasteiger partial charge in [0.2, 0.25) is 5.91 Å². The molecule has 15 heavy (non-hydrogen) atoms. The molecule has 0 aromatic rings. The molecule has 0 rings (SSSR count). The number of carbonyl (C=O) groups is 1. The molecule has 0 aromatic carbocycles. The summed E-state index contributed by atoms with van der Waals surface area (Å²) in [5, 5.41) is 3.43. The minimum Gasteiger partial charge on any atom is -0.366 e. The number of carbonyl (C=O) groups excluding carboxylic acids is 1. The molecule has 0 aliphatic heterocycles. The van der Waals surface area contributed by atoms with Crippen LogP contribution in [-0.2, 0) is 9.53 Å². The summed E-state index contributed by atoms with van der Waals surface area (Å²) in [6, 6.07) is 0. The molecule has 0 saturated carbocycles. The molecule has 1 amide bonds. The Bertz CT molecular complexity index is 190. The Kier molecular flexibility index (Phi) is 7.02. The summed E-state index contributed by atoms with van der Waals surface area (Å²) in [6.45, 7) is 8.86. The maximum atomic E-state index is 11.3. The Morgan fingerprint density at radius 3 is 2.53 bits per heavy atom. The third-order valence-electron chi connectivity index (χ3n) is 1.91. The normalized spacial score (nSPS) is 13.7. The van der Waals surface area contributed by atoms with Crippen molar-refractivity contribution in [3.63, 3.8) is 0 Å². The van der Waals surface area contributed by atoms with Crippen LogP contribution in [-0.4, -0.2) is 36.2 Å². The van der Waals surface area contributed by atoms with E-state index in [1.165, 1.54) is 0 Å². The number of amides is 1. The molecule has 0 saturated heterocycles. The Balaban J connectivity index is 3.50. The lowest BCUT2D eigenvalue weighted by atomic mass is 10.2. The van der Waals surface area contributed by atoms with E-state index in [1.807, 2.05) is 32.5 Å². The predicted molar refractivity (Wildman–Crippen MR) is 66.3 cm³/mol. The fraction of sp³-hybridized carbons (Fsp3) is 0.909. The molecule has 4 heteroatoms. The van der Waals surface area contributed by atoms with Crippen LogP contribution in [0.15, 0.2) is 0 Å². The highest BCUT2D eigenvalue weighted by Crippen LogP contribution is 2.08. The largest absolute Gasteiger partial charge is 0.366 e. The van der Waals surface area contributed by atoms with E-state index in [9.17, 15) is 4.79 Å². The first-order valence-corrected chi connectivity index (χ1v) is 6.57.